The van der Waals surface area contributed by atoms with Crippen LogP contribution in [-0.2, 0) is 17.5 Å². The van der Waals surface area contributed by atoms with Gasteiger partial charge in [0.05, 0.1) is 23.5 Å². The normalized spacial score (nSPS) is 14.4. The summed E-state index contributed by atoms with van der Waals surface area (Å²) in [5.41, 5.74) is 0.633. The Labute approximate surface area is 142 Å². The van der Waals surface area contributed by atoms with Gasteiger partial charge in [0.25, 0.3) is 5.78 Å². The molecule has 0 fully saturated rings. The molecule has 0 atom stereocenters. The molecular weight excluding hydrogens is 333 g/mol. The smallest absolute Gasteiger partial charge is 0.291 e. The third-order valence-electron chi connectivity index (χ3n) is 3.97. The zero-order valence-corrected chi connectivity index (χ0v) is 13.4. The lowest BCUT2D eigenvalue weighted by Gasteiger charge is -2.24. The number of hydrogen-bond acceptors (Lipinski definition) is 3. The fourth-order valence-electron chi connectivity index (χ4n) is 2.84. The minimum Gasteiger partial charge on any atom is -0.291 e. The maximum atomic E-state index is 12.8. The van der Waals surface area contributed by atoms with E-state index in [1.165, 1.54) is 11.0 Å². The van der Waals surface area contributed by atoms with E-state index in [4.69, 9.17) is 0 Å². The van der Waals surface area contributed by atoms with Crippen LogP contribution < -0.4 is 4.90 Å². The second kappa shape index (κ2) is 6.33. The number of alkyl halides is 3. The van der Waals surface area contributed by atoms with Crippen molar-refractivity contribution in [2.45, 2.75) is 12.7 Å². The summed E-state index contributed by atoms with van der Waals surface area (Å²) in [5.74, 6) is -1.19. The van der Waals surface area contributed by atoms with Gasteiger partial charge in [-0.3, -0.25) is 19.4 Å². The molecule has 0 saturated carbocycles. The molecule has 0 N–H and O–H groups in total. The highest BCUT2D eigenvalue weighted by atomic mass is 19.4. The molecule has 0 spiro atoms. The summed E-state index contributed by atoms with van der Waals surface area (Å²) in [6.45, 7) is 0.321. The van der Waals surface area contributed by atoms with Crippen LogP contribution in [0.3, 0.4) is 0 Å². The summed E-state index contributed by atoms with van der Waals surface area (Å²) in [7, 11) is 1.68. The van der Waals surface area contributed by atoms with Crippen molar-refractivity contribution in [3.63, 3.8) is 0 Å². The molecule has 4 nitrogen and oxygen atoms in total. The van der Waals surface area contributed by atoms with Crippen LogP contribution in [0.1, 0.15) is 21.5 Å². The monoisotopic (exact) mass is 348 g/mol. The van der Waals surface area contributed by atoms with Gasteiger partial charge in [0, 0.05) is 6.54 Å². The number of carbonyl (C=O) groups is 2. The van der Waals surface area contributed by atoms with Crippen molar-refractivity contribution in [2.24, 2.45) is 0 Å². The van der Waals surface area contributed by atoms with Crippen LogP contribution >= 0.6 is 0 Å². The second-order valence-electron chi connectivity index (χ2n) is 5.93. The summed E-state index contributed by atoms with van der Waals surface area (Å²) in [5, 5.41) is 0. The molecule has 0 bridgehead atoms. The summed E-state index contributed by atoms with van der Waals surface area (Å²) in [6, 6.07) is 11.7. The van der Waals surface area contributed by atoms with Crippen molar-refractivity contribution in [1.82, 2.24) is 4.90 Å². The van der Waals surface area contributed by atoms with Gasteiger partial charge in [0.2, 0.25) is 0 Å². The fraction of sp³-hybridized carbons (Fsp3) is 0.222. The first-order valence-corrected chi connectivity index (χ1v) is 7.57. The fourth-order valence-corrected chi connectivity index (χ4v) is 2.84. The number of para-hydroxylation sites is 1. The van der Waals surface area contributed by atoms with Crippen molar-refractivity contribution >= 4 is 17.4 Å². The number of nitrogens with zero attached hydrogens (tertiary/aromatic N) is 2. The lowest BCUT2D eigenvalue weighted by Crippen LogP contribution is -2.38. The van der Waals surface area contributed by atoms with Crippen LogP contribution in [0.5, 0.6) is 0 Å². The summed E-state index contributed by atoms with van der Waals surface area (Å²) in [4.78, 5) is 27.1. The molecule has 3 rings (SSSR count). The Kier molecular flexibility index (Phi) is 4.34. The van der Waals surface area contributed by atoms with E-state index in [0.717, 1.165) is 12.1 Å². The average molecular weight is 348 g/mol. The van der Waals surface area contributed by atoms with Crippen molar-refractivity contribution in [1.29, 1.82) is 0 Å². The van der Waals surface area contributed by atoms with Gasteiger partial charge in [-0.1, -0.05) is 30.3 Å². The Morgan fingerprint density at radius 1 is 1.04 bits per heavy atom. The van der Waals surface area contributed by atoms with Crippen LogP contribution in [0.2, 0.25) is 0 Å². The first-order valence-electron chi connectivity index (χ1n) is 7.57. The Morgan fingerprint density at radius 2 is 1.76 bits per heavy atom. The Bertz CT molecular complexity index is 833. The van der Waals surface area contributed by atoms with E-state index >= 15 is 0 Å². The molecule has 130 valence electrons. The van der Waals surface area contributed by atoms with Gasteiger partial charge in [-0.05, 0) is 30.8 Å². The highest BCUT2D eigenvalue weighted by Crippen LogP contribution is 2.30. The van der Waals surface area contributed by atoms with E-state index in [1.807, 2.05) is 0 Å². The number of ketones is 1. The summed E-state index contributed by atoms with van der Waals surface area (Å²) >= 11 is 0. The van der Waals surface area contributed by atoms with Crippen molar-refractivity contribution in [2.75, 3.05) is 18.6 Å². The third kappa shape index (κ3) is 3.41. The lowest BCUT2D eigenvalue weighted by atomic mass is 10.1. The number of amides is 1. The minimum absolute atomic E-state index is 0.109. The maximum Gasteiger partial charge on any atom is 0.416 e. The van der Waals surface area contributed by atoms with Crippen LogP contribution in [-0.4, -0.2) is 30.3 Å². The van der Waals surface area contributed by atoms with Gasteiger partial charge in [-0.15, -0.1) is 0 Å². The number of halogens is 3. The number of Topliss-reactive ketones (excluding diaryl/α,β-unsaturated/α-hetero) is 1. The molecule has 0 aliphatic carbocycles. The first-order chi connectivity index (χ1) is 11.8. The summed E-state index contributed by atoms with van der Waals surface area (Å²) in [6.07, 6.45) is -4.40. The largest absolute Gasteiger partial charge is 0.416 e. The van der Waals surface area contributed by atoms with Crippen LogP contribution in [0, 0.1) is 0 Å². The minimum atomic E-state index is -4.40. The summed E-state index contributed by atoms with van der Waals surface area (Å²) < 4.78 is 38.4. The van der Waals surface area contributed by atoms with E-state index in [9.17, 15) is 22.8 Å². The first kappa shape index (κ1) is 17.2. The van der Waals surface area contributed by atoms with Crippen LogP contribution in [0.15, 0.2) is 48.5 Å². The zero-order chi connectivity index (χ0) is 18.2. The molecule has 1 heterocycles. The predicted octanol–water partition coefficient (Wildman–Crippen LogP) is 3.32. The number of rotatable bonds is 4. The molecule has 2 aromatic rings. The number of benzene rings is 2. The highest BCUT2D eigenvalue weighted by molar-refractivity contribution is 6.52. The molecule has 1 aliphatic heterocycles. The van der Waals surface area contributed by atoms with Crippen LogP contribution in [0.25, 0.3) is 0 Å². The topological polar surface area (TPSA) is 40.6 Å². The van der Waals surface area contributed by atoms with Gasteiger partial charge < -0.3 is 0 Å². The zero-order valence-electron chi connectivity index (χ0n) is 13.4. The van der Waals surface area contributed by atoms with Crippen molar-refractivity contribution in [3.05, 3.63) is 65.2 Å². The molecule has 0 radical (unpaired) electrons. The van der Waals surface area contributed by atoms with Crippen LogP contribution in [0.4, 0.5) is 18.9 Å². The van der Waals surface area contributed by atoms with E-state index in [1.54, 1.807) is 42.3 Å². The molecule has 2 aromatic carbocycles. The molecule has 25 heavy (non-hydrogen) atoms. The predicted molar refractivity (Wildman–Crippen MR) is 86.0 cm³/mol. The van der Waals surface area contributed by atoms with E-state index in [2.05, 4.69) is 0 Å². The molecule has 0 aromatic heterocycles. The lowest BCUT2D eigenvalue weighted by molar-refractivity contribution is -0.137. The molecule has 1 aliphatic rings. The van der Waals surface area contributed by atoms with Crippen molar-refractivity contribution < 1.29 is 22.8 Å². The van der Waals surface area contributed by atoms with Gasteiger partial charge in [0.1, 0.15) is 0 Å². The SMILES string of the molecule is CN(Cc1cccc(C(F)(F)F)c1)CN1C(=O)C(=O)c2ccccc21. The Balaban J connectivity index is 1.75. The third-order valence-corrected chi connectivity index (χ3v) is 3.97. The number of carbonyl (C=O) groups excluding carboxylic acids is 2. The van der Waals surface area contributed by atoms with Gasteiger partial charge in [0.15, 0.2) is 0 Å². The highest BCUT2D eigenvalue weighted by Gasteiger charge is 2.36. The van der Waals surface area contributed by atoms with Gasteiger partial charge >= 0.3 is 12.1 Å². The molecular formula is C18H15F3N2O2. The van der Waals surface area contributed by atoms with E-state index < -0.39 is 23.4 Å². The average Bonchev–Trinajstić information content (AvgIpc) is 2.80. The van der Waals surface area contributed by atoms with E-state index in [0.29, 0.717) is 16.8 Å². The standard InChI is InChI=1S/C18H15F3N2O2/c1-22(10-12-5-4-6-13(9-12)18(19,20)21)11-23-15-8-3-2-7-14(15)16(24)17(23)25/h2-9H,10-11H2,1H3. The van der Waals surface area contributed by atoms with Crippen molar-refractivity contribution in [3.8, 4) is 0 Å². The quantitative estimate of drug-likeness (QED) is 0.796. The molecule has 0 saturated heterocycles. The number of anilines is 1. The van der Waals surface area contributed by atoms with Gasteiger partial charge in [-0.25, -0.2) is 0 Å². The number of hydrogen-bond donors (Lipinski definition) is 0. The Morgan fingerprint density at radius 3 is 2.48 bits per heavy atom. The maximum absolute atomic E-state index is 12.8. The van der Waals surface area contributed by atoms with Gasteiger partial charge in [-0.2, -0.15) is 13.2 Å². The molecule has 0 unspecified atom stereocenters. The second-order valence-corrected chi connectivity index (χ2v) is 5.93. The van der Waals surface area contributed by atoms with E-state index in [-0.39, 0.29) is 13.2 Å². The molecule has 1 amide bonds. The Hall–Kier alpha value is -2.67. The molecule has 7 heteroatoms. The number of fused-ring (bicyclic) bond motifs is 1.